The molecule has 19 heavy (non-hydrogen) atoms. The van der Waals surface area contributed by atoms with Gasteiger partial charge in [0.1, 0.15) is 5.82 Å². The number of amides is 1. The third-order valence-corrected chi connectivity index (χ3v) is 3.63. The van der Waals surface area contributed by atoms with Crippen LogP contribution in [-0.4, -0.2) is 23.0 Å². The van der Waals surface area contributed by atoms with E-state index < -0.39 is 23.6 Å². The average molecular weight is 286 g/mol. The molecule has 2 N–H and O–H groups in total. The summed E-state index contributed by atoms with van der Waals surface area (Å²) in [5.41, 5.74) is 0.444. The average Bonchev–Trinajstić information content (AvgIpc) is 2.27. The Morgan fingerprint density at radius 3 is 2.63 bits per heavy atom. The number of carbonyl (C=O) groups is 2. The Kier molecular flexibility index (Phi) is 3.75. The molecule has 1 aliphatic carbocycles. The molecule has 0 aliphatic heterocycles. The SMILES string of the molecule is Cc1cc(Cl)c(C(=O)NC2CC(C(=O)O)C2)cc1F. The summed E-state index contributed by atoms with van der Waals surface area (Å²) >= 11 is 5.90. The number of benzene rings is 1. The van der Waals surface area contributed by atoms with E-state index in [-0.39, 0.29) is 16.6 Å². The van der Waals surface area contributed by atoms with Crippen molar-refractivity contribution in [3.05, 3.63) is 34.1 Å². The molecule has 2 rings (SSSR count). The highest BCUT2D eigenvalue weighted by Crippen LogP contribution is 2.28. The van der Waals surface area contributed by atoms with Crippen LogP contribution in [0.2, 0.25) is 5.02 Å². The third-order valence-electron chi connectivity index (χ3n) is 3.32. The minimum absolute atomic E-state index is 0.0727. The first-order valence-corrected chi connectivity index (χ1v) is 6.25. The minimum Gasteiger partial charge on any atom is -0.481 e. The molecule has 0 atom stereocenters. The summed E-state index contributed by atoms with van der Waals surface area (Å²) in [6.07, 6.45) is 0.792. The smallest absolute Gasteiger partial charge is 0.306 e. The van der Waals surface area contributed by atoms with E-state index in [1.807, 2.05) is 0 Å². The molecule has 0 heterocycles. The van der Waals surface area contributed by atoms with E-state index >= 15 is 0 Å². The van der Waals surface area contributed by atoms with Crippen molar-refractivity contribution in [2.24, 2.45) is 5.92 Å². The van der Waals surface area contributed by atoms with Crippen LogP contribution in [0.5, 0.6) is 0 Å². The van der Waals surface area contributed by atoms with Gasteiger partial charge in [-0.25, -0.2) is 4.39 Å². The van der Waals surface area contributed by atoms with Gasteiger partial charge in [0.15, 0.2) is 0 Å². The Balaban J connectivity index is 2.02. The summed E-state index contributed by atoms with van der Waals surface area (Å²) in [6.45, 7) is 1.56. The van der Waals surface area contributed by atoms with Crippen LogP contribution in [0.15, 0.2) is 12.1 Å². The fraction of sp³-hybridized carbons (Fsp3) is 0.385. The van der Waals surface area contributed by atoms with Gasteiger partial charge in [0.05, 0.1) is 16.5 Å². The van der Waals surface area contributed by atoms with Crippen LogP contribution in [0, 0.1) is 18.7 Å². The van der Waals surface area contributed by atoms with Gasteiger partial charge in [0, 0.05) is 6.04 Å². The van der Waals surface area contributed by atoms with Crippen molar-refractivity contribution < 1.29 is 19.1 Å². The lowest BCUT2D eigenvalue weighted by molar-refractivity contribution is -0.145. The summed E-state index contributed by atoms with van der Waals surface area (Å²) < 4.78 is 13.4. The Bertz CT molecular complexity index is 541. The molecular formula is C13H13ClFNO3. The second-order valence-electron chi connectivity index (χ2n) is 4.76. The van der Waals surface area contributed by atoms with Gasteiger partial charge in [0.25, 0.3) is 5.91 Å². The maximum Gasteiger partial charge on any atom is 0.306 e. The fourth-order valence-corrected chi connectivity index (χ4v) is 2.32. The van der Waals surface area contributed by atoms with Crippen molar-refractivity contribution in [2.45, 2.75) is 25.8 Å². The van der Waals surface area contributed by atoms with Gasteiger partial charge in [-0.2, -0.15) is 0 Å². The molecule has 1 aliphatic rings. The van der Waals surface area contributed by atoms with E-state index in [1.165, 1.54) is 6.07 Å². The van der Waals surface area contributed by atoms with Gasteiger partial charge >= 0.3 is 5.97 Å². The van der Waals surface area contributed by atoms with E-state index in [0.717, 1.165) is 6.07 Å². The van der Waals surface area contributed by atoms with Crippen LogP contribution >= 0.6 is 11.6 Å². The Labute approximate surface area is 114 Å². The molecule has 0 saturated heterocycles. The summed E-state index contributed by atoms with van der Waals surface area (Å²) in [5, 5.41) is 11.6. The number of aryl methyl sites for hydroxylation is 1. The van der Waals surface area contributed by atoms with Gasteiger partial charge < -0.3 is 10.4 Å². The number of nitrogens with one attached hydrogen (secondary N) is 1. The number of carboxylic acids is 1. The van der Waals surface area contributed by atoms with E-state index in [0.29, 0.717) is 18.4 Å². The molecule has 102 valence electrons. The summed E-state index contributed by atoms with van der Waals surface area (Å²) in [7, 11) is 0. The van der Waals surface area contributed by atoms with Crippen molar-refractivity contribution in [2.75, 3.05) is 0 Å². The van der Waals surface area contributed by atoms with E-state index in [9.17, 15) is 14.0 Å². The molecule has 1 saturated carbocycles. The van der Waals surface area contributed by atoms with Gasteiger partial charge in [0.2, 0.25) is 0 Å². The van der Waals surface area contributed by atoms with Gasteiger partial charge in [-0.15, -0.1) is 0 Å². The second kappa shape index (κ2) is 5.17. The molecule has 0 aromatic heterocycles. The Hall–Kier alpha value is -1.62. The van der Waals surface area contributed by atoms with Crippen LogP contribution < -0.4 is 5.32 Å². The highest BCUT2D eigenvalue weighted by atomic mass is 35.5. The normalized spacial score (nSPS) is 21.6. The largest absolute Gasteiger partial charge is 0.481 e. The van der Waals surface area contributed by atoms with Crippen LogP contribution in [0.3, 0.4) is 0 Å². The maximum absolute atomic E-state index is 13.4. The van der Waals surface area contributed by atoms with Crippen molar-refractivity contribution in [1.29, 1.82) is 0 Å². The van der Waals surface area contributed by atoms with Crippen LogP contribution in [-0.2, 0) is 4.79 Å². The molecule has 4 nitrogen and oxygen atoms in total. The van der Waals surface area contributed by atoms with Gasteiger partial charge in [-0.1, -0.05) is 11.6 Å². The van der Waals surface area contributed by atoms with E-state index in [2.05, 4.69) is 5.32 Å². The lowest BCUT2D eigenvalue weighted by atomic mass is 9.80. The number of aliphatic carboxylic acids is 1. The lowest BCUT2D eigenvalue weighted by Crippen LogP contribution is -2.46. The number of rotatable bonds is 3. The minimum atomic E-state index is -0.857. The highest BCUT2D eigenvalue weighted by Gasteiger charge is 2.35. The first-order chi connectivity index (χ1) is 8.88. The number of carboxylic acid groups (broad SMARTS) is 1. The van der Waals surface area contributed by atoms with Crippen LogP contribution in [0.4, 0.5) is 4.39 Å². The number of carbonyl (C=O) groups excluding carboxylic acids is 1. The molecule has 1 aromatic carbocycles. The van der Waals surface area contributed by atoms with Gasteiger partial charge in [-0.05, 0) is 37.5 Å². The Morgan fingerprint density at radius 2 is 2.05 bits per heavy atom. The van der Waals surface area contributed by atoms with Gasteiger partial charge in [-0.3, -0.25) is 9.59 Å². The molecule has 0 bridgehead atoms. The summed E-state index contributed by atoms with van der Waals surface area (Å²) in [5.74, 6) is -2.23. The monoisotopic (exact) mass is 285 g/mol. The molecule has 1 amide bonds. The molecule has 0 unspecified atom stereocenters. The van der Waals surface area contributed by atoms with Crippen molar-refractivity contribution in [1.82, 2.24) is 5.32 Å². The van der Waals surface area contributed by atoms with Crippen molar-refractivity contribution in [3.8, 4) is 0 Å². The zero-order valence-electron chi connectivity index (χ0n) is 10.2. The predicted octanol–water partition coefficient (Wildman–Crippen LogP) is 2.38. The zero-order chi connectivity index (χ0) is 14.2. The third kappa shape index (κ3) is 2.87. The maximum atomic E-state index is 13.4. The molecule has 0 spiro atoms. The zero-order valence-corrected chi connectivity index (χ0v) is 11.0. The first-order valence-electron chi connectivity index (χ1n) is 5.87. The van der Waals surface area contributed by atoms with E-state index in [4.69, 9.17) is 16.7 Å². The fourth-order valence-electron chi connectivity index (χ4n) is 2.02. The highest BCUT2D eigenvalue weighted by molar-refractivity contribution is 6.33. The van der Waals surface area contributed by atoms with Crippen LogP contribution in [0.1, 0.15) is 28.8 Å². The molecular weight excluding hydrogens is 273 g/mol. The van der Waals surface area contributed by atoms with Crippen molar-refractivity contribution in [3.63, 3.8) is 0 Å². The first kappa shape index (κ1) is 13.8. The molecule has 1 aromatic rings. The molecule has 1 fully saturated rings. The van der Waals surface area contributed by atoms with Crippen molar-refractivity contribution >= 4 is 23.5 Å². The molecule has 6 heteroatoms. The topological polar surface area (TPSA) is 66.4 Å². The van der Waals surface area contributed by atoms with Crippen LogP contribution in [0.25, 0.3) is 0 Å². The number of hydrogen-bond acceptors (Lipinski definition) is 2. The standard InChI is InChI=1S/C13H13ClFNO3/c1-6-2-10(14)9(5-11(6)15)12(17)16-8-3-7(4-8)13(18)19/h2,5,7-8H,3-4H2,1H3,(H,16,17)(H,18,19). The summed E-state index contributed by atoms with van der Waals surface area (Å²) in [4.78, 5) is 22.5. The molecule has 0 radical (unpaired) electrons. The Morgan fingerprint density at radius 1 is 1.42 bits per heavy atom. The summed E-state index contributed by atoms with van der Waals surface area (Å²) in [6, 6.07) is 2.31. The quantitative estimate of drug-likeness (QED) is 0.896. The lowest BCUT2D eigenvalue weighted by Gasteiger charge is -2.32. The number of halogens is 2. The number of hydrogen-bond donors (Lipinski definition) is 2. The second-order valence-corrected chi connectivity index (χ2v) is 5.17. The van der Waals surface area contributed by atoms with E-state index in [1.54, 1.807) is 6.92 Å². The predicted molar refractivity (Wildman–Crippen MR) is 67.8 cm³/mol.